The number of rotatable bonds is 11. The van der Waals surface area contributed by atoms with Gasteiger partial charge in [-0.15, -0.1) is 0 Å². The van der Waals surface area contributed by atoms with Gasteiger partial charge in [-0.1, -0.05) is 0 Å². The van der Waals surface area contributed by atoms with E-state index in [1.165, 1.54) is 33.9 Å². The number of likely N-dealkylation sites (N-methyl/N-ethyl adjacent to an activating group) is 1. The molecule has 1 aromatic carbocycles. The molecule has 1 aliphatic rings. The minimum absolute atomic E-state index is 0.0252. The van der Waals surface area contributed by atoms with Crippen molar-refractivity contribution >= 4 is 41.6 Å². The largest absolute Gasteiger partial charge is 0.444 e. The van der Waals surface area contributed by atoms with E-state index in [1.807, 2.05) is 0 Å². The lowest BCUT2D eigenvalue weighted by Gasteiger charge is -2.27. The third-order valence-corrected chi connectivity index (χ3v) is 7.03. The predicted octanol–water partition coefficient (Wildman–Crippen LogP) is 3.70. The molecule has 0 spiro atoms. The summed E-state index contributed by atoms with van der Waals surface area (Å²) < 4.78 is 12.5. The lowest BCUT2D eigenvalue weighted by Crippen LogP contribution is -2.38. The van der Waals surface area contributed by atoms with Gasteiger partial charge in [-0.25, -0.2) is 19.4 Å². The summed E-state index contributed by atoms with van der Waals surface area (Å²) in [5.41, 5.74) is 5.87. The molecule has 5 rings (SSSR count). The van der Waals surface area contributed by atoms with Gasteiger partial charge in [-0.2, -0.15) is 5.10 Å². The molecular weight excluding hydrogens is 608 g/mol. The molecule has 244 valence electrons. The molecule has 0 atom stereocenters. The standard InChI is InChI=1S/C32H34N8O7/c1-32(2,3)47-31(45)39(16-19-5-6-19)25-15-21(11-12-34-25)29-36-24(18-46-29)28(43)35-23-17-40(37-26(23)27(33)42)22-9-7-20(8-10-22)30(44)38(4)13-14-41/h7-12,14-15,17-19H,5-6,13,16H2,1-4H3,(H2,33,42)(H,35,43). The number of nitrogens with two attached hydrogens (primary N) is 1. The zero-order valence-corrected chi connectivity index (χ0v) is 26.3. The normalized spacial score (nSPS) is 12.7. The Morgan fingerprint density at radius 3 is 2.51 bits per heavy atom. The highest BCUT2D eigenvalue weighted by molar-refractivity contribution is 6.07. The van der Waals surface area contributed by atoms with Crippen LogP contribution >= 0.6 is 0 Å². The van der Waals surface area contributed by atoms with Crippen molar-refractivity contribution in [3.63, 3.8) is 0 Å². The van der Waals surface area contributed by atoms with Gasteiger partial charge in [0.15, 0.2) is 11.4 Å². The Morgan fingerprint density at radius 1 is 1.15 bits per heavy atom. The first-order valence-electron chi connectivity index (χ1n) is 14.8. The Bertz CT molecular complexity index is 1820. The number of ether oxygens (including phenoxy) is 1. The molecule has 0 saturated heterocycles. The van der Waals surface area contributed by atoms with Gasteiger partial charge in [0.1, 0.15) is 24.0 Å². The molecule has 4 amide bonds. The Balaban J connectivity index is 1.33. The zero-order chi connectivity index (χ0) is 33.9. The lowest BCUT2D eigenvalue weighted by atomic mass is 10.2. The van der Waals surface area contributed by atoms with Crippen LogP contribution in [0, 0.1) is 5.92 Å². The molecule has 0 radical (unpaired) electrons. The van der Waals surface area contributed by atoms with Crippen molar-refractivity contribution in [3.8, 4) is 17.1 Å². The van der Waals surface area contributed by atoms with E-state index in [9.17, 15) is 24.0 Å². The number of primary amides is 1. The number of nitrogens with one attached hydrogen (secondary N) is 1. The number of aromatic nitrogens is 4. The van der Waals surface area contributed by atoms with Crippen LogP contribution in [-0.2, 0) is 9.53 Å². The van der Waals surface area contributed by atoms with E-state index in [0.29, 0.717) is 41.4 Å². The fraction of sp³-hybridized carbons (Fsp3) is 0.312. The van der Waals surface area contributed by atoms with Crippen LogP contribution in [0.1, 0.15) is 64.9 Å². The maximum atomic E-state index is 13.2. The molecule has 1 aliphatic carbocycles. The summed E-state index contributed by atoms with van der Waals surface area (Å²) in [6.45, 7) is 5.79. The molecule has 3 aromatic heterocycles. The highest BCUT2D eigenvalue weighted by Crippen LogP contribution is 2.33. The van der Waals surface area contributed by atoms with Gasteiger partial charge in [-0.3, -0.25) is 19.3 Å². The van der Waals surface area contributed by atoms with Crippen molar-refractivity contribution in [2.45, 2.75) is 39.2 Å². The quantitative estimate of drug-likeness (QED) is 0.228. The van der Waals surface area contributed by atoms with Crippen LogP contribution in [0.25, 0.3) is 17.1 Å². The number of carbonyl (C=O) groups excluding carboxylic acids is 5. The molecule has 0 aliphatic heterocycles. The van der Waals surface area contributed by atoms with E-state index in [1.54, 1.807) is 57.2 Å². The molecule has 47 heavy (non-hydrogen) atoms. The van der Waals surface area contributed by atoms with Crippen molar-refractivity contribution in [1.82, 2.24) is 24.6 Å². The van der Waals surface area contributed by atoms with Crippen LogP contribution < -0.4 is 16.0 Å². The predicted molar refractivity (Wildman–Crippen MR) is 169 cm³/mol. The minimum Gasteiger partial charge on any atom is -0.444 e. The molecule has 15 nitrogen and oxygen atoms in total. The second-order valence-electron chi connectivity index (χ2n) is 12.0. The van der Waals surface area contributed by atoms with E-state index in [4.69, 9.17) is 14.9 Å². The first-order chi connectivity index (χ1) is 22.3. The second-order valence-corrected chi connectivity index (χ2v) is 12.0. The summed E-state index contributed by atoms with van der Waals surface area (Å²) in [6.07, 6.45) is 6.21. The number of hydrogen-bond acceptors (Lipinski definition) is 10. The topological polar surface area (TPSA) is 196 Å². The highest BCUT2D eigenvalue weighted by Gasteiger charge is 2.31. The first kappa shape index (κ1) is 32.5. The van der Waals surface area contributed by atoms with Gasteiger partial charge in [0, 0.05) is 30.9 Å². The number of nitrogens with zero attached hydrogens (tertiary/aromatic N) is 6. The van der Waals surface area contributed by atoms with E-state index < -0.39 is 23.5 Å². The van der Waals surface area contributed by atoms with Crippen LogP contribution in [0.5, 0.6) is 0 Å². The average molecular weight is 643 g/mol. The van der Waals surface area contributed by atoms with Crippen LogP contribution in [-0.4, -0.2) is 80.5 Å². The Morgan fingerprint density at radius 2 is 1.87 bits per heavy atom. The number of hydrogen-bond donors (Lipinski definition) is 2. The summed E-state index contributed by atoms with van der Waals surface area (Å²) in [7, 11) is 1.51. The summed E-state index contributed by atoms with van der Waals surface area (Å²) in [4.78, 5) is 72.9. The summed E-state index contributed by atoms with van der Waals surface area (Å²) in [6, 6.07) is 9.54. The maximum absolute atomic E-state index is 13.2. The second kappa shape index (κ2) is 13.2. The smallest absolute Gasteiger partial charge is 0.416 e. The number of aldehydes is 1. The summed E-state index contributed by atoms with van der Waals surface area (Å²) in [5, 5.41) is 6.79. The van der Waals surface area contributed by atoms with Crippen LogP contribution in [0.3, 0.4) is 0 Å². The number of pyridine rings is 1. The molecule has 15 heteroatoms. The van der Waals surface area contributed by atoms with Crippen molar-refractivity contribution < 1.29 is 33.1 Å². The van der Waals surface area contributed by atoms with Crippen LogP contribution in [0.15, 0.2) is 59.5 Å². The monoisotopic (exact) mass is 642 g/mol. The van der Waals surface area contributed by atoms with Crippen molar-refractivity contribution in [2.75, 3.05) is 30.4 Å². The highest BCUT2D eigenvalue weighted by atomic mass is 16.6. The Kier molecular flexibility index (Phi) is 9.17. The molecule has 0 bridgehead atoms. The van der Waals surface area contributed by atoms with E-state index >= 15 is 0 Å². The van der Waals surface area contributed by atoms with Gasteiger partial charge in [-0.05, 0) is 75.9 Å². The molecule has 1 saturated carbocycles. The number of anilines is 2. The molecule has 3 N–H and O–H groups in total. The zero-order valence-electron chi connectivity index (χ0n) is 26.3. The Labute approximate surface area is 269 Å². The molecule has 4 aromatic rings. The molecular formula is C32H34N8O7. The number of carbonyl (C=O) groups is 5. The fourth-order valence-corrected chi connectivity index (χ4v) is 4.48. The van der Waals surface area contributed by atoms with Gasteiger partial charge in [0.05, 0.1) is 24.1 Å². The fourth-order valence-electron chi connectivity index (χ4n) is 4.48. The van der Waals surface area contributed by atoms with Gasteiger partial charge in [0.2, 0.25) is 5.89 Å². The van der Waals surface area contributed by atoms with Crippen LogP contribution in [0.4, 0.5) is 16.3 Å². The van der Waals surface area contributed by atoms with E-state index in [0.717, 1.165) is 19.1 Å². The Hall–Kier alpha value is -5.86. The summed E-state index contributed by atoms with van der Waals surface area (Å²) >= 11 is 0. The molecule has 1 fully saturated rings. The first-order valence-corrected chi connectivity index (χ1v) is 14.8. The summed E-state index contributed by atoms with van der Waals surface area (Å²) in [5.74, 6) is -1.09. The van der Waals surface area contributed by atoms with Crippen molar-refractivity contribution in [3.05, 3.63) is 72.0 Å². The SMILES string of the molecule is CN(CC=O)C(=O)c1ccc(-n2cc(NC(=O)c3coc(-c4ccnc(N(CC5CC5)C(=O)OC(C)(C)C)c4)n3)c(C(N)=O)n2)cc1. The third-order valence-electron chi connectivity index (χ3n) is 7.03. The van der Waals surface area contributed by atoms with Gasteiger partial charge in [0.25, 0.3) is 17.7 Å². The third kappa shape index (κ3) is 7.87. The number of oxazole rings is 1. The van der Waals surface area contributed by atoms with Crippen LogP contribution in [0.2, 0.25) is 0 Å². The van der Waals surface area contributed by atoms with Crippen molar-refractivity contribution in [1.29, 1.82) is 0 Å². The molecule has 3 heterocycles. The van der Waals surface area contributed by atoms with E-state index in [2.05, 4.69) is 20.4 Å². The number of benzene rings is 1. The molecule has 0 unspecified atom stereocenters. The lowest BCUT2D eigenvalue weighted by molar-refractivity contribution is -0.108. The van der Waals surface area contributed by atoms with E-state index in [-0.39, 0.29) is 35.4 Å². The van der Waals surface area contributed by atoms with Gasteiger partial charge < -0.3 is 29.9 Å². The van der Waals surface area contributed by atoms with Gasteiger partial charge >= 0.3 is 6.09 Å². The van der Waals surface area contributed by atoms with Crippen molar-refractivity contribution in [2.24, 2.45) is 11.7 Å². The average Bonchev–Trinajstić information content (AvgIpc) is 3.53. The minimum atomic E-state index is -0.882. The maximum Gasteiger partial charge on any atom is 0.416 e. The number of amides is 4.